The van der Waals surface area contributed by atoms with Crippen LogP contribution >= 0.6 is 0 Å². The normalized spacial score (nSPS) is 22.1. The predicted molar refractivity (Wildman–Crippen MR) is 64.8 cm³/mol. The maximum atomic E-state index is 3.70. The molecule has 0 aliphatic heterocycles. The molecule has 0 heterocycles. The fraction of sp³-hybridized carbons (Fsp3) is 0.571. The molecule has 0 radical (unpaired) electrons. The van der Waals surface area contributed by atoms with Crippen molar-refractivity contribution < 1.29 is 0 Å². The second kappa shape index (κ2) is 3.97. The van der Waals surface area contributed by atoms with Crippen LogP contribution < -0.4 is 5.32 Å². The van der Waals surface area contributed by atoms with E-state index >= 15 is 0 Å². The Kier molecular flexibility index (Phi) is 2.83. The fourth-order valence-electron chi connectivity index (χ4n) is 2.04. The lowest BCUT2D eigenvalue weighted by Gasteiger charge is -2.25. The molecule has 0 saturated heterocycles. The smallest absolute Gasteiger partial charge is 0.0294 e. The Morgan fingerprint density at radius 1 is 1.13 bits per heavy atom. The fourth-order valence-corrected chi connectivity index (χ4v) is 2.04. The van der Waals surface area contributed by atoms with Crippen molar-refractivity contribution in [1.82, 2.24) is 5.32 Å². The Balaban J connectivity index is 1.95. The van der Waals surface area contributed by atoms with Gasteiger partial charge in [0.25, 0.3) is 0 Å². The Morgan fingerprint density at radius 3 is 2.27 bits per heavy atom. The topological polar surface area (TPSA) is 12.0 Å². The monoisotopic (exact) mass is 203 g/mol. The molecule has 0 bridgehead atoms. The molecule has 2 atom stereocenters. The maximum Gasteiger partial charge on any atom is 0.0294 e. The molecule has 1 aliphatic rings. The van der Waals surface area contributed by atoms with Gasteiger partial charge in [-0.1, -0.05) is 37.3 Å². The van der Waals surface area contributed by atoms with E-state index in [9.17, 15) is 0 Å². The molecule has 0 amide bonds. The van der Waals surface area contributed by atoms with E-state index in [1.807, 2.05) is 0 Å². The highest BCUT2D eigenvalue weighted by Gasteiger charge is 2.42. The van der Waals surface area contributed by atoms with Gasteiger partial charge in [0.1, 0.15) is 0 Å². The summed E-state index contributed by atoms with van der Waals surface area (Å²) in [6, 6.07) is 11.8. The van der Waals surface area contributed by atoms with Crippen molar-refractivity contribution in [3.8, 4) is 0 Å². The van der Waals surface area contributed by atoms with Crippen LogP contribution in [0.3, 0.4) is 0 Å². The molecule has 1 heteroatoms. The molecule has 82 valence electrons. The van der Waals surface area contributed by atoms with Crippen molar-refractivity contribution in [3.05, 3.63) is 35.9 Å². The van der Waals surface area contributed by atoms with Gasteiger partial charge in [0.05, 0.1) is 0 Å². The van der Waals surface area contributed by atoms with E-state index in [0.717, 1.165) is 0 Å². The first-order valence-electron chi connectivity index (χ1n) is 5.93. The lowest BCUT2D eigenvalue weighted by Crippen LogP contribution is -2.35. The van der Waals surface area contributed by atoms with Crippen LogP contribution in [0.4, 0.5) is 0 Å². The van der Waals surface area contributed by atoms with Crippen molar-refractivity contribution in [2.75, 3.05) is 0 Å². The Morgan fingerprint density at radius 2 is 1.73 bits per heavy atom. The van der Waals surface area contributed by atoms with Crippen molar-refractivity contribution in [2.24, 2.45) is 5.41 Å². The highest BCUT2D eigenvalue weighted by Crippen LogP contribution is 2.48. The quantitative estimate of drug-likeness (QED) is 0.789. The largest absolute Gasteiger partial charge is 0.307 e. The highest BCUT2D eigenvalue weighted by molar-refractivity contribution is 5.18. The van der Waals surface area contributed by atoms with Crippen LogP contribution in [-0.2, 0) is 0 Å². The molecule has 1 nitrogen and oxygen atoms in total. The first kappa shape index (κ1) is 10.7. The summed E-state index contributed by atoms with van der Waals surface area (Å²) in [5.74, 6) is 0. The number of benzene rings is 1. The first-order valence-corrected chi connectivity index (χ1v) is 5.93. The van der Waals surface area contributed by atoms with Gasteiger partial charge in [0.2, 0.25) is 0 Å². The molecule has 1 N–H and O–H groups in total. The highest BCUT2D eigenvalue weighted by atomic mass is 15.0. The number of nitrogens with one attached hydrogen (secondary N) is 1. The van der Waals surface area contributed by atoms with Gasteiger partial charge in [-0.2, -0.15) is 0 Å². The van der Waals surface area contributed by atoms with Crippen LogP contribution in [-0.4, -0.2) is 6.04 Å². The summed E-state index contributed by atoms with van der Waals surface area (Å²) in [5.41, 5.74) is 1.94. The van der Waals surface area contributed by atoms with E-state index in [0.29, 0.717) is 17.5 Å². The number of hydrogen-bond donors (Lipinski definition) is 1. The molecular formula is C14H21N. The molecule has 1 aliphatic carbocycles. The summed E-state index contributed by atoms with van der Waals surface area (Å²) in [6.45, 7) is 6.94. The lowest BCUT2D eigenvalue weighted by molar-refractivity contribution is 0.350. The third-order valence-electron chi connectivity index (χ3n) is 3.88. The third-order valence-corrected chi connectivity index (χ3v) is 3.88. The van der Waals surface area contributed by atoms with Crippen molar-refractivity contribution in [3.63, 3.8) is 0 Å². The summed E-state index contributed by atoms with van der Waals surface area (Å²) in [4.78, 5) is 0. The van der Waals surface area contributed by atoms with Gasteiger partial charge in [-0.25, -0.2) is 0 Å². The van der Waals surface area contributed by atoms with Crippen LogP contribution in [0, 0.1) is 5.41 Å². The molecule has 15 heavy (non-hydrogen) atoms. The van der Waals surface area contributed by atoms with Crippen LogP contribution in [0.5, 0.6) is 0 Å². The SMILES string of the molecule is CC(NC(C)C1(C)CC1)c1ccccc1. The van der Waals surface area contributed by atoms with Crippen LogP contribution in [0.2, 0.25) is 0 Å². The maximum absolute atomic E-state index is 3.70. The van der Waals surface area contributed by atoms with Crippen LogP contribution in [0.1, 0.15) is 45.2 Å². The lowest BCUT2D eigenvalue weighted by atomic mass is 9.98. The Bertz CT molecular complexity index is 313. The van der Waals surface area contributed by atoms with Gasteiger partial charge < -0.3 is 5.32 Å². The van der Waals surface area contributed by atoms with Gasteiger partial charge >= 0.3 is 0 Å². The molecule has 1 aromatic carbocycles. The molecule has 1 aromatic rings. The summed E-state index contributed by atoms with van der Waals surface area (Å²) in [5, 5.41) is 3.70. The van der Waals surface area contributed by atoms with Crippen LogP contribution in [0.25, 0.3) is 0 Å². The summed E-state index contributed by atoms with van der Waals surface area (Å²) in [6.07, 6.45) is 2.76. The number of hydrogen-bond acceptors (Lipinski definition) is 1. The van der Waals surface area contributed by atoms with E-state index < -0.39 is 0 Å². The number of rotatable bonds is 4. The second-order valence-corrected chi connectivity index (χ2v) is 5.17. The first-order chi connectivity index (χ1) is 7.12. The van der Waals surface area contributed by atoms with Gasteiger partial charge in [-0.05, 0) is 37.7 Å². The third kappa shape index (κ3) is 2.40. The zero-order valence-corrected chi connectivity index (χ0v) is 9.96. The Hall–Kier alpha value is -0.820. The van der Waals surface area contributed by atoms with E-state index in [4.69, 9.17) is 0 Å². The van der Waals surface area contributed by atoms with Gasteiger partial charge in [-0.3, -0.25) is 0 Å². The van der Waals surface area contributed by atoms with Crippen molar-refractivity contribution in [2.45, 2.75) is 45.7 Å². The van der Waals surface area contributed by atoms with E-state index in [1.54, 1.807) is 0 Å². The summed E-state index contributed by atoms with van der Waals surface area (Å²) < 4.78 is 0. The average Bonchev–Trinajstić information content (AvgIpc) is 2.99. The zero-order valence-electron chi connectivity index (χ0n) is 9.96. The second-order valence-electron chi connectivity index (χ2n) is 5.17. The summed E-state index contributed by atoms with van der Waals surface area (Å²) in [7, 11) is 0. The molecule has 1 saturated carbocycles. The molecular weight excluding hydrogens is 182 g/mol. The molecule has 2 rings (SSSR count). The van der Waals surface area contributed by atoms with E-state index in [2.05, 4.69) is 56.4 Å². The molecule has 0 aromatic heterocycles. The van der Waals surface area contributed by atoms with Gasteiger partial charge in [0.15, 0.2) is 0 Å². The average molecular weight is 203 g/mol. The minimum Gasteiger partial charge on any atom is -0.307 e. The van der Waals surface area contributed by atoms with E-state index in [-0.39, 0.29) is 0 Å². The van der Waals surface area contributed by atoms with Crippen LogP contribution in [0.15, 0.2) is 30.3 Å². The van der Waals surface area contributed by atoms with E-state index in [1.165, 1.54) is 18.4 Å². The minimum absolute atomic E-state index is 0.457. The molecule has 1 fully saturated rings. The Labute approximate surface area is 92.9 Å². The molecule has 2 unspecified atom stereocenters. The van der Waals surface area contributed by atoms with Gasteiger partial charge in [0, 0.05) is 12.1 Å². The van der Waals surface area contributed by atoms with Crippen molar-refractivity contribution >= 4 is 0 Å². The standard InChI is InChI=1S/C14H21N/c1-11(13-7-5-4-6-8-13)15-12(2)14(3)9-10-14/h4-8,11-12,15H,9-10H2,1-3H3. The predicted octanol–water partition coefficient (Wildman–Crippen LogP) is 3.53. The molecule has 0 spiro atoms. The van der Waals surface area contributed by atoms with Gasteiger partial charge in [-0.15, -0.1) is 0 Å². The van der Waals surface area contributed by atoms with Crippen molar-refractivity contribution in [1.29, 1.82) is 0 Å². The zero-order chi connectivity index (χ0) is 10.9. The summed E-state index contributed by atoms with van der Waals surface area (Å²) >= 11 is 0. The minimum atomic E-state index is 0.457.